The number of amides is 3. The van der Waals surface area contributed by atoms with Crippen LogP contribution >= 0.6 is 11.3 Å². The fraction of sp³-hybridized carbons (Fsp3) is 0.348. The van der Waals surface area contributed by atoms with Crippen molar-refractivity contribution in [3.8, 4) is 0 Å². The number of carbonyl (C=O) groups is 3. The summed E-state index contributed by atoms with van der Waals surface area (Å²) in [5, 5.41) is 3.55. The van der Waals surface area contributed by atoms with Gasteiger partial charge in [0, 0.05) is 12.7 Å². The van der Waals surface area contributed by atoms with Gasteiger partial charge in [0.1, 0.15) is 0 Å². The Kier molecular flexibility index (Phi) is 5.68. The molecule has 1 aliphatic rings. The molecule has 3 amide bonds. The first-order chi connectivity index (χ1) is 15.2. The van der Waals surface area contributed by atoms with Gasteiger partial charge in [-0.15, -0.1) is 11.3 Å². The number of nitrogens with zero attached hydrogens (tertiary/aromatic N) is 3. The Bertz CT molecular complexity index is 1220. The SMILES string of the molecule is Cc1nc2cc([C@]3(C)CC[C@H](C)CN3C(=O)C(=O)Nc3cncc(C(N)=O)c3)ccc2s1. The van der Waals surface area contributed by atoms with E-state index in [9.17, 15) is 14.4 Å². The minimum atomic E-state index is -0.778. The zero-order valence-electron chi connectivity index (χ0n) is 18.2. The molecule has 2 atom stereocenters. The third-order valence-corrected chi connectivity index (χ3v) is 7.00. The number of fused-ring (bicyclic) bond motifs is 1. The highest BCUT2D eigenvalue weighted by molar-refractivity contribution is 7.18. The number of aryl methyl sites for hydroxylation is 1. The lowest BCUT2D eigenvalue weighted by Crippen LogP contribution is -2.55. The Hall–Kier alpha value is -3.33. The molecule has 3 aromatic rings. The maximum absolute atomic E-state index is 13.3. The highest BCUT2D eigenvalue weighted by Gasteiger charge is 2.43. The van der Waals surface area contributed by atoms with E-state index in [-0.39, 0.29) is 17.2 Å². The van der Waals surface area contributed by atoms with Crippen LogP contribution in [0.1, 0.15) is 47.6 Å². The van der Waals surface area contributed by atoms with Gasteiger partial charge in [0.15, 0.2) is 0 Å². The molecule has 9 heteroatoms. The van der Waals surface area contributed by atoms with Gasteiger partial charge in [0.25, 0.3) is 0 Å². The Morgan fingerprint density at radius 3 is 2.78 bits per heavy atom. The van der Waals surface area contributed by atoms with Gasteiger partial charge in [-0.05, 0) is 56.4 Å². The van der Waals surface area contributed by atoms with E-state index in [0.29, 0.717) is 6.54 Å². The van der Waals surface area contributed by atoms with Crippen LogP contribution in [-0.2, 0) is 15.1 Å². The molecule has 2 aromatic heterocycles. The van der Waals surface area contributed by atoms with Crippen LogP contribution in [0, 0.1) is 12.8 Å². The van der Waals surface area contributed by atoms with Crippen molar-refractivity contribution < 1.29 is 14.4 Å². The van der Waals surface area contributed by atoms with Gasteiger partial charge in [-0.2, -0.15) is 0 Å². The standard InChI is InChI=1S/C23H25N5O3S/c1-13-6-7-23(3,16-4-5-19-18(9-16)26-14(2)32-19)28(12-13)22(31)21(30)27-17-8-15(20(24)29)10-25-11-17/h4-5,8-11,13H,6-7,12H2,1-3H3,(H2,24,29)(H,27,30)/t13-,23-/m0/s1. The van der Waals surface area contributed by atoms with E-state index in [0.717, 1.165) is 33.6 Å². The number of primary amides is 1. The molecule has 1 aromatic carbocycles. The van der Waals surface area contributed by atoms with Gasteiger partial charge >= 0.3 is 11.8 Å². The molecule has 0 aliphatic carbocycles. The van der Waals surface area contributed by atoms with Crippen molar-refractivity contribution in [1.29, 1.82) is 0 Å². The predicted molar refractivity (Wildman–Crippen MR) is 123 cm³/mol. The van der Waals surface area contributed by atoms with E-state index < -0.39 is 23.3 Å². The number of nitrogens with one attached hydrogen (secondary N) is 1. The van der Waals surface area contributed by atoms with Crippen molar-refractivity contribution in [2.75, 3.05) is 11.9 Å². The molecule has 1 aliphatic heterocycles. The minimum Gasteiger partial charge on any atom is -0.366 e. The molecule has 32 heavy (non-hydrogen) atoms. The maximum atomic E-state index is 13.3. The fourth-order valence-corrected chi connectivity index (χ4v) is 5.01. The molecule has 1 fully saturated rings. The van der Waals surface area contributed by atoms with Crippen molar-refractivity contribution in [3.05, 3.63) is 52.8 Å². The molecule has 4 rings (SSSR count). The molecule has 1 saturated heterocycles. The molecule has 8 nitrogen and oxygen atoms in total. The zero-order valence-corrected chi connectivity index (χ0v) is 19.0. The molecule has 0 spiro atoms. The third-order valence-electron chi connectivity index (χ3n) is 6.05. The van der Waals surface area contributed by atoms with Crippen molar-refractivity contribution >= 4 is 45.0 Å². The average molecular weight is 452 g/mol. The Labute approximate surface area is 189 Å². The van der Waals surface area contributed by atoms with Gasteiger partial charge in [-0.3, -0.25) is 19.4 Å². The second kappa shape index (κ2) is 8.31. The summed E-state index contributed by atoms with van der Waals surface area (Å²) in [5.41, 5.74) is 6.89. The molecular weight excluding hydrogens is 426 g/mol. The predicted octanol–water partition coefficient (Wildman–Crippen LogP) is 3.21. The number of hydrogen-bond acceptors (Lipinski definition) is 6. The number of benzene rings is 1. The van der Waals surface area contributed by atoms with Crippen molar-refractivity contribution in [2.45, 2.75) is 39.2 Å². The van der Waals surface area contributed by atoms with Crippen molar-refractivity contribution in [3.63, 3.8) is 0 Å². The molecule has 0 saturated carbocycles. The van der Waals surface area contributed by atoms with Crippen LogP contribution in [-0.4, -0.2) is 39.1 Å². The topological polar surface area (TPSA) is 118 Å². The van der Waals surface area contributed by atoms with E-state index in [1.54, 1.807) is 16.2 Å². The molecule has 3 N–H and O–H groups in total. The van der Waals surface area contributed by atoms with E-state index in [1.807, 2.05) is 32.0 Å². The molecule has 0 bridgehead atoms. The van der Waals surface area contributed by atoms with Gasteiger partial charge in [-0.25, -0.2) is 4.98 Å². The highest BCUT2D eigenvalue weighted by atomic mass is 32.1. The molecule has 3 heterocycles. The molecule has 0 radical (unpaired) electrons. The van der Waals surface area contributed by atoms with Gasteiger partial charge in [0.2, 0.25) is 5.91 Å². The quantitative estimate of drug-likeness (QED) is 0.593. The Morgan fingerprint density at radius 1 is 1.25 bits per heavy atom. The van der Waals surface area contributed by atoms with Crippen LogP contribution in [0.3, 0.4) is 0 Å². The number of piperidine rings is 1. The summed E-state index contributed by atoms with van der Waals surface area (Å²) in [5.74, 6) is -1.80. The number of rotatable bonds is 3. The number of likely N-dealkylation sites (tertiary alicyclic amines) is 1. The van der Waals surface area contributed by atoms with Crippen LogP contribution in [0.15, 0.2) is 36.7 Å². The summed E-state index contributed by atoms with van der Waals surface area (Å²) in [6.07, 6.45) is 4.36. The van der Waals surface area contributed by atoms with Crippen LogP contribution in [0.5, 0.6) is 0 Å². The number of hydrogen-bond donors (Lipinski definition) is 2. The highest BCUT2D eigenvalue weighted by Crippen LogP contribution is 2.40. The van der Waals surface area contributed by atoms with Gasteiger partial charge in [0.05, 0.1) is 38.2 Å². The first kappa shape index (κ1) is 21.9. The van der Waals surface area contributed by atoms with E-state index in [1.165, 1.54) is 18.5 Å². The molecular formula is C23H25N5O3S. The molecule has 166 valence electrons. The smallest absolute Gasteiger partial charge is 0.313 e. The zero-order chi connectivity index (χ0) is 23.0. The fourth-order valence-electron chi connectivity index (χ4n) is 4.20. The monoisotopic (exact) mass is 451 g/mol. The Morgan fingerprint density at radius 2 is 2.03 bits per heavy atom. The lowest BCUT2D eigenvalue weighted by Gasteiger charge is -2.47. The second-order valence-electron chi connectivity index (χ2n) is 8.53. The summed E-state index contributed by atoms with van der Waals surface area (Å²) < 4.78 is 1.09. The minimum absolute atomic E-state index is 0.151. The van der Waals surface area contributed by atoms with Crippen LogP contribution < -0.4 is 11.1 Å². The maximum Gasteiger partial charge on any atom is 0.313 e. The summed E-state index contributed by atoms with van der Waals surface area (Å²) in [6.45, 7) is 6.51. The average Bonchev–Trinajstić information content (AvgIpc) is 3.14. The first-order valence-electron chi connectivity index (χ1n) is 10.4. The van der Waals surface area contributed by atoms with E-state index in [4.69, 9.17) is 5.73 Å². The van der Waals surface area contributed by atoms with Gasteiger partial charge < -0.3 is 16.0 Å². The summed E-state index contributed by atoms with van der Waals surface area (Å²) in [4.78, 5) is 47.7. The summed E-state index contributed by atoms with van der Waals surface area (Å²) in [6, 6.07) is 7.47. The van der Waals surface area contributed by atoms with Crippen LogP contribution in [0.25, 0.3) is 10.2 Å². The number of pyridine rings is 1. The third kappa shape index (κ3) is 4.08. The van der Waals surface area contributed by atoms with Crippen LogP contribution in [0.2, 0.25) is 0 Å². The first-order valence-corrected chi connectivity index (χ1v) is 11.2. The van der Waals surface area contributed by atoms with Crippen molar-refractivity contribution in [1.82, 2.24) is 14.9 Å². The van der Waals surface area contributed by atoms with Crippen LogP contribution in [0.4, 0.5) is 5.69 Å². The second-order valence-corrected chi connectivity index (χ2v) is 9.76. The largest absolute Gasteiger partial charge is 0.366 e. The summed E-state index contributed by atoms with van der Waals surface area (Å²) >= 11 is 1.63. The van der Waals surface area contributed by atoms with E-state index in [2.05, 4.69) is 22.2 Å². The molecule has 0 unspecified atom stereocenters. The lowest BCUT2D eigenvalue weighted by atomic mass is 9.79. The van der Waals surface area contributed by atoms with Gasteiger partial charge in [-0.1, -0.05) is 13.0 Å². The Balaban J connectivity index is 1.63. The number of aromatic nitrogens is 2. The number of thiazole rings is 1. The summed E-state index contributed by atoms with van der Waals surface area (Å²) in [7, 11) is 0. The number of carbonyl (C=O) groups excluding carboxylic acids is 3. The number of nitrogens with two attached hydrogens (primary N) is 1. The van der Waals surface area contributed by atoms with E-state index >= 15 is 0 Å². The van der Waals surface area contributed by atoms with Crippen molar-refractivity contribution in [2.24, 2.45) is 11.7 Å². The lowest BCUT2D eigenvalue weighted by molar-refractivity contribution is -0.150. The normalized spacial score (nSPS) is 20.8. The number of anilines is 1.